The Labute approximate surface area is 198 Å². The Bertz CT molecular complexity index is 1110. The predicted octanol–water partition coefficient (Wildman–Crippen LogP) is 3.51. The molecule has 0 fully saturated rings. The van der Waals surface area contributed by atoms with Crippen LogP contribution < -0.4 is 19.6 Å². The normalized spacial score (nSPS) is 10.9. The van der Waals surface area contributed by atoms with Crippen LogP contribution in [0, 0.1) is 0 Å². The molecule has 2 aromatic carbocycles. The number of thioether (sulfide) groups is 1. The fourth-order valence-electron chi connectivity index (χ4n) is 2.84. The van der Waals surface area contributed by atoms with Crippen molar-refractivity contribution < 1.29 is 19.0 Å². The van der Waals surface area contributed by atoms with E-state index in [2.05, 4.69) is 36.7 Å². The van der Waals surface area contributed by atoms with Gasteiger partial charge in [-0.3, -0.25) is 4.79 Å². The lowest BCUT2D eigenvalue weighted by molar-refractivity contribution is -0.118. The van der Waals surface area contributed by atoms with E-state index < -0.39 is 0 Å². The Hall–Kier alpha value is -3.05. The highest BCUT2D eigenvalue weighted by Crippen LogP contribution is 2.37. The molecule has 9 nitrogen and oxygen atoms in total. The van der Waals surface area contributed by atoms with Gasteiger partial charge in [-0.15, -0.1) is 10.2 Å². The Kier molecular flexibility index (Phi) is 8.12. The molecule has 0 aliphatic rings. The molecule has 0 bridgehead atoms. The number of nitrogens with zero attached hydrogens (tertiary/aromatic N) is 4. The second kappa shape index (κ2) is 11.0. The van der Waals surface area contributed by atoms with Gasteiger partial charge in [0, 0.05) is 22.6 Å². The van der Waals surface area contributed by atoms with Crippen molar-refractivity contribution in [1.82, 2.24) is 20.2 Å². The molecule has 168 valence electrons. The molecular weight excluding hydrogens is 498 g/mol. The second-order valence-corrected chi connectivity index (χ2v) is 8.27. The molecule has 1 amide bonds. The van der Waals surface area contributed by atoms with E-state index in [9.17, 15) is 4.79 Å². The topological polar surface area (TPSA) is 99.9 Å². The minimum absolute atomic E-state index is 0.136. The molecule has 0 radical (unpaired) electrons. The van der Waals surface area contributed by atoms with E-state index in [1.165, 1.54) is 39.3 Å². The summed E-state index contributed by atoms with van der Waals surface area (Å²) in [7, 11) is 6.46. The van der Waals surface area contributed by atoms with Crippen LogP contribution in [0.15, 0.2) is 51.1 Å². The third-order valence-electron chi connectivity index (χ3n) is 4.34. The molecule has 0 spiro atoms. The molecule has 0 saturated carbocycles. The van der Waals surface area contributed by atoms with Crippen LogP contribution in [-0.2, 0) is 11.8 Å². The van der Waals surface area contributed by atoms with Crippen molar-refractivity contribution in [1.29, 1.82) is 0 Å². The van der Waals surface area contributed by atoms with Gasteiger partial charge in [0.15, 0.2) is 22.5 Å². The number of carbonyl (C=O) groups is 1. The van der Waals surface area contributed by atoms with Crippen molar-refractivity contribution in [3.05, 3.63) is 46.4 Å². The smallest absolute Gasteiger partial charge is 0.250 e. The average molecular weight is 520 g/mol. The number of hydrogen-bond donors (Lipinski definition) is 1. The highest BCUT2D eigenvalue weighted by molar-refractivity contribution is 9.10. The summed E-state index contributed by atoms with van der Waals surface area (Å²) in [6, 6.07) is 11.2. The maximum absolute atomic E-state index is 12.2. The van der Waals surface area contributed by atoms with Crippen molar-refractivity contribution in [3.8, 4) is 28.6 Å². The number of hydrazone groups is 1. The summed E-state index contributed by atoms with van der Waals surface area (Å²) in [5.41, 5.74) is 4.11. The summed E-state index contributed by atoms with van der Waals surface area (Å²) in [5, 5.41) is 13.0. The Morgan fingerprint density at radius 3 is 2.50 bits per heavy atom. The minimum Gasteiger partial charge on any atom is -0.493 e. The van der Waals surface area contributed by atoms with E-state index in [1.54, 1.807) is 12.1 Å². The number of halogens is 1. The maximum Gasteiger partial charge on any atom is 0.250 e. The Morgan fingerprint density at radius 1 is 1.16 bits per heavy atom. The molecule has 1 N–H and O–H groups in total. The second-order valence-electron chi connectivity index (χ2n) is 6.42. The first-order valence-electron chi connectivity index (χ1n) is 9.36. The van der Waals surface area contributed by atoms with Crippen molar-refractivity contribution in [2.75, 3.05) is 27.1 Å². The van der Waals surface area contributed by atoms with E-state index in [-0.39, 0.29) is 11.7 Å². The zero-order valence-corrected chi connectivity index (χ0v) is 20.4. The first kappa shape index (κ1) is 23.6. The standard InChI is InChI=1S/C21H22BrN5O4S/c1-27-20(14-6-5-7-15(22)10-14)25-26-21(27)32-12-18(28)24-23-11-13-8-16(29-2)19(31-4)17(9-13)30-3/h5-11H,12H2,1-4H3,(H,24,28)/b23-11+. The van der Waals surface area contributed by atoms with Crippen molar-refractivity contribution in [2.45, 2.75) is 5.16 Å². The molecule has 1 heterocycles. The minimum atomic E-state index is -0.273. The molecular formula is C21H22BrN5O4S. The zero-order chi connectivity index (χ0) is 23.1. The lowest BCUT2D eigenvalue weighted by Crippen LogP contribution is -2.19. The SMILES string of the molecule is COc1cc(/C=N/NC(=O)CSc2nnc(-c3cccc(Br)c3)n2C)cc(OC)c1OC. The van der Waals surface area contributed by atoms with Crippen LogP contribution in [0.1, 0.15) is 5.56 Å². The van der Waals surface area contributed by atoms with Crippen LogP contribution in [0.3, 0.4) is 0 Å². The third-order valence-corrected chi connectivity index (χ3v) is 5.85. The fraction of sp³-hybridized carbons (Fsp3) is 0.238. The van der Waals surface area contributed by atoms with Gasteiger partial charge in [-0.05, 0) is 24.3 Å². The van der Waals surface area contributed by atoms with E-state index in [1.807, 2.05) is 35.9 Å². The quantitative estimate of drug-likeness (QED) is 0.262. The van der Waals surface area contributed by atoms with Gasteiger partial charge in [-0.25, -0.2) is 5.43 Å². The zero-order valence-electron chi connectivity index (χ0n) is 18.0. The van der Waals surface area contributed by atoms with Crippen LogP contribution in [0.5, 0.6) is 17.2 Å². The average Bonchev–Trinajstić information content (AvgIpc) is 3.17. The van der Waals surface area contributed by atoms with Crippen molar-refractivity contribution in [2.24, 2.45) is 12.1 Å². The van der Waals surface area contributed by atoms with Gasteiger partial charge in [0.1, 0.15) is 0 Å². The molecule has 32 heavy (non-hydrogen) atoms. The van der Waals surface area contributed by atoms with Crippen LogP contribution in [0.4, 0.5) is 0 Å². The van der Waals surface area contributed by atoms with Gasteiger partial charge < -0.3 is 18.8 Å². The Morgan fingerprint density at radius 2 is 1.88 bits per heavy atom. The molecule has 0 aliphatic heterocycles. The first-order valence-corrected chi connectivity index (χ1v) is 11.1. The highest BCUT2D eigenvalue weighted by Gasteiger charge is 2.14. The van der Waals surface area contributed by atoms with Crippen molar-refractivity contribution >= 4 is 39.8 Å². The highest BCUT2D eigenvalue weighted by atomic mass is 79.9. The van der Waals surface area contributed by atoms with Gasteiger partial charge in [0.25, 0.3) is 5.91 Å². The van der Waals surface area contributed by atoms with Gasteiger partial charge in [-0.1, -0.05) is 39.8 Å². The number of rotatable bonds is 9. The lowest BCUT2D eigenvalue weighted by Gasteiger charge is -2.12. The third kappa shape index (κ3) is 5.60. The summed E-state index contributed by atoms with van der Waals surface area (Å²) in [4.78, 5) is 12.2. The van der Waals surface area contributed by atoms with E-state index in [0.29, 0.717) is 28.0 Å². The monoisotopic (exact) mass is 519 g/mol. The molecule has 0 unspecified atom stereocenters. The van der Waals surface area contributed by atoms with Crippen LogP contribution >= 0.6 is 27.7 Å². The van der Waals surface area contributed by atoms with Gasteiger partial charge in [0.2, 0.25) is 5.75 Å². The summed E-state index contributed by atoms with van der Waals surface area (Å²) in [5.74, 6) is 2.06. The maximum atomic E-state index is 12.2. The summed E-state index contributed by atoms with van der Waals surface area (Å²) >= 11 is 4.73. The number of aromatic nitrogens is 3. The molecule has 1 aromatic heterocycles. The van der Waals surface area contributed by atoms with E-state index in [0.717, 1.165) is 15.9 Å². The largest absolute Gasteiger partial charge is 0.493 e. The molecule has 3 rings (SSSR count). The molecule has 0 saturated heterocycles. The summed E-state index contributed by atoms with van der Waals surface area (Å²) in [6.45, 7) is 0. The molecule has 11 heteroatoms. The predicted molar refractivity (Wildman–Crippen MR) is 127 cm³/mol. The summed E-state index contributed by atoms with van der Waals surface area (Å²) < 4.78 is 18.7. The molecule has 0 atom stereocenters. The van der Waals surface area contributed by atoms with Gasteiger partial charge >= 0.3 is 0 Å². The van der Waals surface area contributed by atoms with E-state index in [4.69, 9.17) is 14.2 Å². The number of hydrogen-bond acceptors (Lipinski definition) is 8. The van der Waals surface area contributed by atoms with E-state index >= 15 is 0 Å². The number of nitrogens with one attached hydrogen (secondary N) is 1. The first-order chi connectivity index (χ1) is 15.5. The molecule has 0 aliphatic carbocycles. The Balaban J connectivity index is 1.60. The van der Waals surface area contributed by atoms with Crippen molar-refractivity contribution in [3.63, 3.8) is 0 Å². The lowest BCUT2D eigenvalue weighted by atomic mass is 10.2. The van der Waals surface area contributed by atoms with Crippen LogP contribution in [0.25, 0.3) is 11.4 Å². The summed E-state index contributed by atoms with van der Waals surface area (Å²) in [6.07, 6.45) is 1.50. The molecule has 3 aromatic rings. The number of methoxy groups -OCH3 is 3. The number of amides is 1. The van der Waals surface area contributed by atoms with Crippen LogP contribution in [-0.4, -0.2) is 54.0 Å². The van der Waals surface area contributed by atoms with Gasteiger partial charge in [0.05, 0.1) is 33.3 Å². The number of ether oxygens (including phenoxy) is 3. The number of benzene rings is 2. The fourth-order valence-corrected chi connectivity index (χ4v) is 3.94. The number of carbonyl (C=O) groups excluding carboxylic acids is 1. The van der Waals surface area contributed by atoms with Crippen LogP contribution in [0.2, 0.25) is 0 Å². The van der Waals surface area contributed by atoms with Gasteiger partial charge in [-0.2, -0.15) is 5.10 Å².